The molecule has 0 unspecified atom stereocenters. The lowest BCUT2D eigenvalue weighted by Gasteiger charge is -2.01. The zero-order chi connectivity index (χ0) is 14.5. The lowest BCUT2D eigenvalue weighted by atomic mass is 10.2. The molecule has 2 aromatic rings. The van der Waals surface area contributed by atoms with Crippen molar-refractivity contribution in [1.29, 1.82) is 0 Å². The zero-order valence-electron chi connectivity index (χ0n) is 10.2. The van der Waals surface area contributed by atoms with E-state index in [0.717, 1.165) is 5.56 Å². The third-order valence-electron chi connectivity index (χ3n) is 2.49. The predicted molar refractivity (Wildman–Crippen MR) is 81.1 cm³/mol. The largest absolute Gasteiger partial charge is 0.478 e. The number of anilines is 1. The highest BCUT2D eigenvalue weighted by molar-refractivity contribution is 6.36. The summed E-state index contributed by atoms with van der Waals surface area (Å²) in [4.78, 5) is 10.7. The number of carboxylic acids is 1. The van der Waals surface area contributed by atoms with E-state index in [1.54, 1.807) is 36.5 Å². The van der Waals surface area contributed by atoms with Gasteiger partial charge in [-0.15, -0.1) is 0 Å². The van der Waals surface area contributed by atoms with Crippen molar-refractivity contribution in [3.63, 3.8) is 0 Å². The van der Waals surface area contributed by atoms with Crippen molar-refractivity contribution in [3.8, 4) is 0 Å². The number of hydrazone groups is 1. The summed E-state index contributed by atoms with van der Waals surface area (Å²) in [6.45, 7) is 0. The van der Waals surface area contributed by atoms with E-state index in [1.807, 2.05) is 0 Å². The van der Waals surface area contributed by atoms with Crippen LogP contribution in [0.2, 0.25) is 10.0 Å². The second-order valence-electron chi connectivity index (χ2n) is 3.92. The summed E-state index contributed by atoms with van der Waals surface area (Å²) in [5.74, 6) is -0.965. The number of hydrogen-bond donors (Lipinski definition) is 2. The molecule has 0 aliphatic heterocycles. The van der Waals surface area contributed by atoms with E-state index in [1.165, 1.54) is 12.1 Å². The van der Waals surface area contributed by atoms with Crippen LogP contribution in [0, 0.1) is 0 Å². The maximum atomic E-state index is 10.7. The van der Waals surface area contributed by atoms with Crippen LogP contribution in [0.25, 0.3) is 0 Å². The number of carbonyl (C=O) groups is 1. The van der Waals surface area contributed by atoms with Gasteiger partial charge in [-0.1, -0.05) is 29.3 Å². The molecule has 0 heterocycles. The fourth-order valence-corrected chi connectivity index (χ4v) is 1.93. The van der Waals surface area contributed by atoms with E-state index in [9.17, 15) is 4.79 Å². The average molecular weight is 309 g/mol. The van der Waals surface area contributed by atoms with Gasteiger partial charge in [-0.3, -0.25) is 5.43 Å². The first-order valence-corrected chi connectivity index (χ1v) is 6.39. The summed E-state index contributed by atoms with van der Waals surface area (Å²) in [7, 11) is 0. The molecule has 0 radical (unpaired) electrons. The molecular weight excluding hydrogens is 299 g/mol. The number of aromatic carboxylic acids is 1. The number of carboxylic acid groups (broad SMARTS) is 1. The molecule has 0 amide bonds. The summed E-state index contributed by atoms with van der Waals surface area (Å²) in [5, 5.41) is 13.9. The van der Waals surface area contributed by atoms with Crippen LogP contribution in [0.15, 0.2) is 47.6 Å². The van der Waals surface area contributed by atoms with Crippen molar-refractivity contribution in [2.75, 3.05) is 5.43 Å². The van der Waals surface area contributed by atoms with Gasteiger partial charge in [0.2, 0.25) is 0 Å². The molecule has 0 spiro atoms. The maximum absolute atomic E-state index is 10.7. The monoisotopic (exact) mass is 308 g/mol. The predicted octanol–water partition coefficient (Wildman–Crippen LogP) is 4.14. The second kappa shape index (κ2) is 6.41. The van der Waals surface area contributed by atoms with E-state index in [-0.39, 0.29) is 5.56 Å². The van der Waals surface area contributed by atoms with Crippen molar-refractivity contribution >= 4 is 41.1 Å². The summed E-state index contributed by atoms with van der Waals surface area (Å²) >= 11 is 11.8. The Balaban J connectivity index is 2.04. The van der Waals surface area contributed by atoms with Crippen molar-refractivity contribution in [3.05, 3.63) is 63.6 Å². The van der Waals surface area contributed by atoms with Crippen molar-refractivity contribution in [2.45, 2.75) is 0 Å². The molecule has 2 N–H and O–H groups in total. The van der Waals surface area contributed by atoms with Crippen LogP contribution in [0.4, 0.5) is 5.69 Å². The molecule has 0 saturated carbocycles. The Labute approximate surface area is 125 Å². The minimum atomic E-state index is -0.965. The van der Waals surface area contributed by atoms with E-state index >= 15 is 0 Å². The molecule has 0 aliphatic rings. The normalized spacial score (nSPS) is 10.7. The lowest BCUT2D eigenvalue weighted by Crippen LogP contribution is -1.96. The number of benzene rings is 2. The third-order valence-corrected chi connectivity index (χ3v) is 3.05. The molecule has 0 bridgehead atoms. The highest BCUT2D eigenvalue weighted by Crippen LogP contribution is 2.19. The molecule has 0 aromatic heterocycles. The number of nitrogens with zero attached hydrogens (tertiary/aromatic N) is 1. The van der Waals surface area contributed by atoms with Gasteiger partial charge in [-0.25, -0.2) is 4.79 Å². The summed E-state index contributed by atoms with van der Waals surface area (Å²) in [6.07, 6.45) is 1.56. The number of halogens is 2. The van der Waals surface area contributed by atoms with Gasteiger partial charge >= 0.3 is 5.97 Å². The average Bonchev–Trinajstić information content (AvgIpc) is 2.42. The van der Waals surface area contributed by atoms with E-state index < -0.39 is 5.97 Å². The molecule has 4 nitrogen and oxygen atoms in total. The molecule has 0 atom stereocenters. The Hall–Kier alpha value is -2.04. The molecule has 6 heteroatoms. The Morgan fingerprint density at radius 3 is 2.45 bits per heavy atom. The third kappa shape index (κ3) is 3.73. The minimum Gasteiger partial charge on any atom is -0.478 e. The van der Waals surface area contributed by atoms with E-state index in [4.69, 9.17) is 28.3 Å². The van der Waals surface area contributed by atoms with Crippen molar-refractivity contribution in [1.82, 2.24) is 0 Å². The van der Waals surface area contributed by atoms with Gasteiger partial charge in [0.05, 0.1) is 22.5 Å². The van der Waals surface area contributed by atoms with E-state index in [2.05, 4.69) is 10.5 Å². The van der Waals surface area contributed by atoms with Gasteiger partial charge in [0.25, 0.3) is 0 Å². The summed E-state index contributed by atoms with van der Waals surface area (Å²) < 4.78 is 0. The number of nitrogens with one attached hydrogen (secondary N) is 1. The highest BCUT2D eigenvalue weighted by atomic mass is 35.5. The van der Waals surface area contributed by atoms with Crippen LogP contribution in [0.3, 0.4) is 0 Å². The van der Waals surface area contributed by atoms with E-state index in [0.29, 0.717) is 15.7 Å². The van der Waals surface area contributed by atoms with Gasteiger partial charge in [-0.2, -0.15) is 5.10 Å². The second-order valence-corrected chi connectivity index (χ2v) is 4.76. The smallest absolute Gasteiger partial charge is 0.335 e. The van der Waals surface area contributed by atoms with Gasteiger partial charge in [0, 0.05) is 10.6 Å². The summed E-state index contributed by atoms with van der Waals surface area (Å²) in [6, 6.07) is 11.4. The van der Waals surface area contributed by atoms with Crippen LogP contribution in [0.1, 0.15) is 15.9 Å². The van der Waals surface area contributed by atoms with Crippen LogP contribution >= 0.6 is 23.2 Å². The van der Waals surface area contributed by atoms with Crippen molar-refractivity contribution < 1.29 is 9.90 Å². The molecule has 102 valence electrons. The highest BCUT2D eigenvalue weighted by Gasteiger charge is 2.01. The molecule has 0 saturated heterocycles. The molecule has 20 heavy (non-hydrogen) atoms. The molecule has 0 aliphatic carbocycles. The molecule has 2 rings (SSSR count). The fourth-order valence-electron chi connectivity index (χ4n) is 1.47. The van der Waals surface area contributed by atoms with Crippen LogP contribution in [0.5, 0.6) is 0 Å². The minimum absolute atomic E-state index is 0.222. The van der Waals surface area contributed by atoms with Gasteiger partial charge < -0.3 is 5.11 Å². The lowest BCUT2D eigenvalue weighted by molar-refractivity contribution is 0.0697. The SMILES string of the molecule is O=C(O)c1ccc(N/N=C/c2ccc(Cl)cc2Cl)cc1. The molecule has 2 aromatic carbocycles. The van der Waals surface area contributed by atoms with Crippen molar-refractivity contribution in [2.24, 2.45) is 5.10 Å². The van der Waals surface area contributed by atoms with Crippen LogP contribution in [-0.4, -0.2) is 17.3 Å². The Kier molecular flexibility index (Phi) is 4.61. The number of hydrogen-bond acceptors (Lipinski definition) is 3. The zero-order valence-corrected chi connectivity index (χ0v) is 11.7. The Morgan fingerprint density at radius 1 is 1.15 bits per heavy atom. The van der Waals surface area contributed by atoms with Gasteiger partial charge in [-0.05, 0) is 36.4 Å². The maximum Gasteiger partial charge on any atom is 0.335 e. The van der Waals surface area contributed by atoms with Gasteiger partial charge in [0.1, 0.15) is 0 Å². The standard InChI is InChI=1S/C14H10Cl2N2O2/c15-11-4-1-10(13(16)7-11)8-17-18-12-5-2-9(3-6-12)14(19)20/h1-8,18H,(H,19,20)/b17-8+. The summed E-state index contributed by atoms with van der Waals surface area (Å²) in [5.41, 5.74) is 4.41. The first-order chi connectivity index (χ1) is 9.56. The Morgan fingerprint density at radius 2 is 1.85 bits per heavy atom. The first kappa shape index (κ1) is 14.4. The molecular formula is C14H10Cl2N2O2. The topological polar surface area (TPSA) is 61.7 Å². The van der Waals surface area contributed by atoms with Gasteiger partial charge in [0.15, 0.2) is 0 Å². The van der Waals surface area contributed by atoms with Crippen LogP contribution < -0.4 is 5.43 Å². The quantitative estimate of drug-likeness (QED) is 0.659. The number of rotatable bonds is 4. The van der Waals surface area contributed by atoms with Crippen LogP contribution in [-0.2, 0) is 0 Å². The molecule has 0 fully saturated rings. The Bertz CT molecular complexity index is 655. The first-order valence-electron chi connectivity index (χ1n) is 5.64. The fraction of sp³-hybridized carbons (Fsp3) is 0.